The SMILES string of the molecule is CCc1ccccc1NC(=O)Cn1c(-c2ccco2)nc2ccccc21. The molecule has 2 aromatic carbocycles. The van der Waals surface area contributed by atoms with E-state index in [0.717, 1.165) is 28.7 Å². The zero-order chi connectivity index (χ0) is 17.9. The van der Waals surface area contributed by atoms with Gasteiger partial charge < -0.3 is 14.3 Å². The van der Waals surface area contributed by atoms with Crippen molar-refractivity contribution in [1.82, 2.24) is 9.55 Å². The molecule has 26 heavy (non-hydrogen) atoms. The van der Waals surface area contributed by atoms with Gasteiger partial charge in [0.2, 0.25) is 5.91 Å². The van der Waals surface area contributed by atoms with Crippen LogP contribution in [0.1, 0.15) is 12.5 Å². The van der Waals surface area contributed by atoms with E-state index in [9.17, 15) is 4.79 Å². The number of imidazole rings is 1. The van der Waals surface area contributed by atoms with Crippen LogP contribution in [-0.2, 0) is 17.8 Å². The van der Waals surface area contributed by atoms with Crippen molar-refractivity contribution >= 4 is 22.6 Å². The van der Waals surface area contributed by atoms with Crippen LogP contribution in [0.4, 0.5) is 5.69 Å². The molecule has 0 aliphatic heterocycles. The van der Waals surface area contributed by atoms with Crippen molar-refractivity contribution in [2.45, 2.75) is 19.9 Å². The van der Waals surface area contributed by atoms with Gasteiger partial charge in [-0.15, -0.1) is 0 Å². The van der Waals surface area contributed by atoms with Gasteiger partial charge in [0.15, 0.2) is 11.6 Å². The second kappa shape index (κ2) is 6.88. The molecule has 0 saturated heterocycles. The van der Waals surface area contributed by atoms with Gasteiger partial charge in [0.1, 0.15) is 6.54 Å². The van der Waals surface area contributed by atoms with Crippen LogP contribution in [0, 0.1) is 0 Å². The van der Waals surface area contributed by atoms with Gasteiger partial charge in [-0.2, -0.15) is 0 Å². The second-order valence-corrected chi connectivity index (χ2v) is 6.05. The Labute approximate surface area is 151 Å². The predicted molar refractivity (Wildman–Crippen MR) is 102 cm³/mol. The number of carbonyl (C=O) groups is 1. The number of rotatable bonds is 5. The summed E-state index contributed by atoms with van der Waals surface area (Å²) in [5.74, 6) is 1.19. The first-order valence-electron chi connectivity index (χ1n) is 8.63. The number of amides is 1. The van der Waals surface area contributed by atoms with Crippen LogP contribution >= 0.6 is 0 Å². The first-order chi connectivity index (χ1) is 12.8. The number of nitrogens with one attached hydrogen (secondary N) is 1. The fourth-order valence-electron chi connectivity index (χ4n) is 3.11. The summed E-state index contributed by atoms with van der Waals surface area (Å²) in [7, 11) is 0. The van der Waals surface area contributed by atoms with Gasteiger partial charge in [0, 0.05) is 5.69 Å². The van der Waals surface area contributed by atoms with Crippen molar-refractivity contribution in [2.75, 3.05) is 5.32 Å². The molecule has 0 unspecified atom stereocenters. The number of hydrogen-bond acceptors (Lipinski definition) is 3. The Balaban J connectivity index is 1.68. The molecule has 0 aliphatic carbocycles. The molecule has 1 amide bonds. The van der Waals surface area contributed by atoms with E-state index in [2.05, 4.69) is 17.2 Å². The summed E-state index contributed by atoms with van der Waals surface area (Å²) in [6, 6.07) is 19.3. The number of carbonyl (C=O) groups excluding carboxylic acids is 1. The van der Waals surface area contributed by atoms with E-state index in [1.165, 1.54) is 0 Å². The van der Waals surface area contributed by atoms with Crippen LogP contribution in [0.3, 0.4) is 0 Å². The van der Waals surface area contributed by atoms with E-state index in [4.69, 9.17) is 4.42 Å². The summed E-state index contributed by atoms with van der Waals surface area (Å²) >= 11 is 0. The maximum Gasteiger partial charge on any atom is 0.244 e. The Morgan fingerprint density at radius 3 is 2.69 bits per heavy atom. The molecular weight excluding hydrogens is 326 g/mol. The zero-order valence-electron chi connectivity index (χ0n) is 14.5. The van der Waals surface area contributed by atoms with Gasteiger partial charge in [0.25, 0.3) is 0 Å². The molecule has 2 heterocycles. The maximum atomic E-state index is 12.7. The van der Waals surface area contributed by atoms with Crippen molar-refractivity contribution in [3.8, 4) is 11.6 Å². The highest BCUT2D eigenvalue weighted by Gasteiger charge is 2.17. The van der Waals surface area contributed by atoms with Crippen molar-refractivity contribution in [1.29, 1.82) is 0 Å². The standard InChI is InChI=1S/C21H19N3O2/c1-2-15-8-3-4-9-16(15)22-20(25)14-24-18-11-6-5-10-17(18)23-21(24)19-12-7-13-26-19/h3-13H,2,14H2,1H3,(H,22,25). The Morgan fingerprint density at radius 2 is 1.88 bits per heavy atom. The lowest BCUT2D eigenvalue weighted by Crippen LogP contribution is -2.20. The monoisotopic (exact) mass is 345 g/mol. The fraction of sp³-hybridized carbons (Fsp3) is 0.143. The third-order valence-corrected chi connectivity index (χ3v) is 4.37. The molecule has 4 rings (SSSR count). The van der Waals surface area contributed by atoms with Crippen LogP contribution in [-0.4, -0.2) is 15.5 Å². The molecule has 0 spiro atoms. The lowest BCUT2D eigenvalue weighted by molar-refractivity contribution is -0.116. The largest absolute Gasteiger partial charge is 0.461 e. The van der Waals surface area contributed by atoms with Crippen molar-refractivity contribution < 1.29 is 9.21 Å². The summed E-state index contributed by atoms with van der Waals surface area (Å²) in [5, 5.41) is 3.02. The fourth-order valence-corrected chi connectivity index (χ4v) is 3.11. The van der Waals surface area contributed by atoms with Gasteiger partial charge in [-0.05, 0) is 42.3 Å². The average molecular weight is 345 g/mol. The number of anilines is 1. The van der Waals surface area contributed by atoms with Gasteiger partial charge in [0.05, 0.1) is 17.3 Å². The molecule has 130 valence electrons. The lowest BCUT2D eigenvalue weighted by Gasteiger charge is -2.11. The lowest BCUT2D eigenvalue weighted by atomic mass is 10.1. The quantitative estimate of drug-likeness (QED) is 0.579. The molecule has 1 N–H and O–H groups in total. The highest BCUT2D eigenvalue weighted by Crippen LogP contribution is 2.25. The van der Waals surface area contributed by atoms with Gasteiger partial charge in [-0.25, -0.2) is 4.98 Å². The van der Waals surface area contributed by atoms with E-state index in [1.807, 2.05) is 65.2 Å². The molecule has 5 nitrogen and oxygen atoms in total. The minimum Gasteiger partial charge on any atom is -0.461 e. The van der Waals surface area contributed by atoms with Gasteiger partial charge in [-0.1, -0.05) is 37.3 Å². The van der Waals surface area contributed by atoms with Crippen LogP contribution in [0.25, 0.3) is 22.6 Å². The van der Waals surface area contributed by atoms with Crippen molar-refractivity contribution in [3.05, 3.63) is 72.5 Å². The summed E-state index contributed by atoms with van der Waals surface area (Å²) in [4.78, 5) is 17.4. The van der Waals surface area contributed by atoms with Crippen LogP contribution in [0.2, 0.25) is 0 Å². The van der Waals surface area contributed by atoms with Crippen LogP contribution in [0.5, 0.6) is 0 Å². The number of fused-ring (bicyclic) bond motifs is 1. The molecule has 4 aromatic rings. The first kappa shape index (κ1) is 16.1. The normalized spacial score (nSPS) is 11.0. The number of nitrogens with zero attached hydrogens (tertiary/aromatic N) is 2. The number of para-hydroxylation sites is 3. The Hall–Kier alpha value is -3.34. The third-order valence-electron chi connectivity index (χ3n) is 4.37. The summed E-state index contributed by atoms with van der Waals surface area (Å²) in [6.07, 6.45) is 2.47. The third kappa shape index (κ3) is 2.99. The van der Waals surface area contributed by atoms with E-state index in [-0.39, 0.29) is 12.5 Å². The summed E-state index contributed by atoms with van der Waals surface area (Å²) in [5.41, 5.74) is 3.70. The van der Waals surface area contributed by atoms with Crippen LogP contribution < -0.4 is 5.32 Å². The molecule has 0 aliphatic rings. The van der Waals surface area contributed by atoms with E-state index >= 15 is 0 Å². The second-order valence-electron chi connectivity index (χ2n) is 6.05. The molecule has 0 radical (unpaired) electrons. The number of benzene rings is 2. The Kier molecular flexibility index (Phi) is 4.27. The Morgan fingerprint density at radius 1 is 1.08 bits per heavy atom. The van der Waals surface area contributed by atoms with Gasteiger partial charge in [-0.3, -0.25) is 4.79 Å². The minimum absolute atomic E-state index is 0.0955. The molecule has 2 aromatic heterocycles. The molecule has 0 bridgehead atoms. The summed E-state index contributed by atoms with van der Waals surface area (Å²) < 4.78 is 7.40. The first-order valence-corrected chi connectivity index (χ1v) is 8.63. The maximum absolute atomic E-state index is 12.7. The number of hydrogen-bond donors (Lipinski definition) is 1. The highest BCUT2D eigenvalue weighted by atomic mass is 16.3. The van der Waals surface area contributed by atoms with Crippen molar-refractivity contribution in [2.24, 2.45) is 0 Å². The predicted octanol–water partition coefficient (Wildman–Crippen LogP) is 4.50. The number of aromatic nitrogens is 2. The zero-order valence-corrected chi connectivity index (χ0v) is 14.5. The Bertz CT molecular complexity index is 1050. The topological polar surface area (TPSA) is 60.1 Å². The highest BCUT2D eigenvalue weighted by molar-refractivity contribution is 5.93. The molecule has 0 fully saturated rings. The molecular formula is C21H19N3O2. The minimum atomic E-state index is -0.0955. The van der Waals surface area contributed by atoms with E-state index in [0.29, 0.717) is 11.6 Å². The molecule has 0 atom stereocenters. The van der Waals surface area contributed by atoms with Gasteiger partial charge >= 0.3 is 0 Å². The number of aryl methyl sites for hydroxylation is 1. The smallest absolute Gasteiger partial charge is 0.244 e. The van der Waals surface area contributed by atoms with E-state index in [1.54, 1.807) is 6.26 Å². The van der Waals surface area contributed by atoms with Crippen molar-refractivity contribution in [3.63, 3.8) is 0 Å². The van der Waals surface area contributed by atoms with Crippen LogP contribution in [0.15, 0.2) is 71.3 Å². The molecule has 0 saturated carbocycles. The summed E-state index contributed by atoms with van der Waals surface area (Å²) in [6.45, 7) is 2.23. The molecule has 5 heteroatoms. The average Bonchev–Trinajstić information content (AvgIpc) is 3.30. The number of furan rings is 1. The van der Waals surface area contributed by atoms with E-state index < -0.39 is 0 Å².